The lowest BCUT2D eigenvalue weighted by atomic mass is 10.1. The monoisotopic (exact) mass is 280 g/mol. The topological polar surface area (TPSA) is 61.2 Å². The molecule has 0 heterocycles. The number of sulfonamides is 1. The van der Waals surface area contributed by atoms with Crippen LogP contribution in [-0.4, -0.2) is 25.8 Å². The van der Waals surface area contributed by atoms with E-state index in [2.05, 4.69) is 13.8 Å². The first-order chi connectivity index (χ1) is 8.78. The Labute approximate surface area is 115 Å². The molecule has 0 saturated carbocycles. The van der Waals surface area contributed by atoms with Crippen molar-refractivity contribution >= 4 is 10.0 Å². The van der Waals surface area contributed by atoms with E-state index in [0.717, 1.165) is 6.42 Å². The highest BCUT2D eigenvalue weighted by Crippen LogP contribution is 2.20. The van der Waals surface area contributed by atoms with E-state index in [0.29, 0.717) is 11.5 Å². The van der Waals surface area contributed by atoms with E-state index in [1.807, 2.05) is 13.0 Å². The number of rotatable bonds is 5. The van der Waals surface area contributed by atoms with Gasteiger partial charge in [0, 0.05) is 13.1 Å². The Morgan fingerprint density at radius 1 is 1.21 bits per heavy atom. The zero-order valence-corrected chi connectivity index (χ0v) is 12.6. The van der Waals surface area contributed by atoms with Gasteiger partial charge in [0.1, 0.15) is 0 Å². The van der Waals surface area contributed by atoms with Gasteiger partial charge in [0.2, 0.25) is 10.0 Å². The Morgan fingerprint density at radius 3 is 2.16 bits per heavy atom. The van der Waals surface area contributed by atoms with Gasteiger partial charge in [-0.2, -0.15) is 9.57 Å². The molecule has 0 aliphatic rings. The summed E-state index contributed by atoms with van der Waals surface area (Å²) in [5.74, 6) is 0.439. The van der Waals surface area contributed by atoms with Gasteiger partial charge < -0.3 is 0 Å². The highest BCUT2D eigenvalue weighted by atomic mass is 32.2. The Bertz CT molecular complexity index is 556. The zero-order chi connectivity index (χ0) is 14.6. The molecular formula is C14H20N2O2S. The molecule has 0 aliphatic heterocycles. The zero-order valence-electron chi connectivity index (χ0n) is 11.8. The molecule has 0 fully saturated rings. The van der Waals surface area contributed by atoms with Crippen molar-refractivity contribution in [3.63, 3.8) is 0 Å². The average Bonchev–Trinajstić information content (AvgIpc) is 2.37. The maximum Gasteiger partial charge on any atom is 0.243 e. The number of benzene rings is 1. The number of nitrogens with zero attached hydrogens (tertiary/aromatic N) is 2. The molecule has 104 valence electrons. The van der Waals surface area contributed by atoms with Crippen LogP contribution in [0.15, 0.2) is 29.2 Å². The molecule has 1 atom stereocenters. The molecule has 0 spiro atoms. The number of hydrogen-bond donors (Lipinski definition) is 0. The quantitative estimate of drug-likeness (QED) is 0.833. The van der Waals surface area contributed by atoms with Crippen LogP contribution in [0.3, 0.4) is 0 Å². The maximum atomic E-state index is 12.4. The van der Waals surface area contributed by atoms with Crippen molar-refractivity contribution in [3.8, 4) is 6.07 Å². The molecular weight excluding hydrogens is 260 g/mol. The van der Waals surface area contributed by atoms with E-state index in [9.17, 15) is 8.42 Å². The fraction of sp³-hybridized carbons (Fsp3) is 0.500. The van der Waals surface area contributed by atoms with E-state index in [1.54, 1.807) is 7.05 Å². The van der Waals surface area contributed by atoms with E-state index in [1.165, 1.54) is 28.6 Å². The molecule has 1 aromatic carbocycles. The summed E-state index contributed by atoms with van der Waals surface area (Å²) >= 11 is 0. The van der Waals surface area contributed by atoms with Crippen LogP contribution >= 0.6 is 0 Å². The standard InChI is InChI=1S/C14H20N2O2S/c1-11(2)9-12(3)16(4)19(17,18)14-7-5-13(10-15)6-8-14/h5-8,11-12H,9H2,1-4H3. The third kappa shape index (κ3) is 3.79. The normalized spacial score (nSPS) is 13.5. The van der Waals surface area contributed by atoms with E-state index in [-0.39, 0.29) is 10.9 Å². The Kier molecular flexibility index (Phi) is 5.10. The van der Waals surface area contributed by atoms with Crippen molar-refractivity contribution in [1.82, 2.24) is 4.31 Å². The van der Waals surface area contributed by atoms with Gasteiger partial charge in [-0.15, -0.1) is 0 Å². The third-order valence-electron chi connectivity index (χ3n) is 3.09. The molecule has 1 unspecified atom stereocenters. The lowest BCUT2D eigenvalue weighted by Gasteiger charge is -2.25. The van der Waals surface area contributed by atoms with Gasteiger partial charge >= 0.3 is 0 Å². The summed E-state index contributed by atoms with van der Waals surface area (Å²) in [4.78, 5) is 0.226. The Balaban J connectivity index is 2.99. The number of nitriles is 1. The lowest BCUT2D eigenvalue weighted by molar-refractivity contribution is 0.338. The highest BCUT2D eigenvalue weighted by Gasteiger charge is 2.25. The SMILES string of the molecule is CC(C)CC(C)N(C)S(=O)(=O)c1ccc(C#N)cc1. The summed E-state index contributed by atoms with van der Waals surface area (Å²) in [5.41, 5.74) is 0.455. The van der Waals surface area contributed by atoms with Crippen LogP contribution in [-0.2, 0) is 10.0 Å². The number of hydrogen-bond acceptors (Lipinski definition) is 3. The minimum Gasteiger partial charge on any atom is -0.207 e. The molecule has 1 aromatic rings. The van der Waals surface area contributed by atoms with Crippen molar-refractivity contribution < 1.29 is 8.42 Å². The van der Waals surface area contributed by atoms with Crippen LogP contribution in [0.4, 0.5) is 0 Å². The molecule has 0 bridgehead atoms. The average molecular weight is 280 g/mol. The molecule has 0 radical (unpaired) electrons. The summed E-state index contributed by atoms with van der Waals surface area (Å²) < 4.78 is 26.2. The Hall–Kier alpha value is -1.38. The second kappa shape index (κ2) is 6.18. The largest absolute Gasteiger partial charge is 0.243 e. The molecule has 0 amide bonds. The molecule has 0 aromatic heterocycles. The minimum atomic E-state index is -3.48. The predicted molar refractivity (Wildman–Crippen MR) is 75.0 cm³/mol. The van der Waals surface area contributed by atoms with Crippen LogP contribution < -0.4 is 0 Å². The molecule has 0 N–H and O–H groups in total. The first kappa shape index (κ1) is 15.7. The maximum absolute atomic E-state index is 12.4. The highest BCUT2D eigenvalue weighted by molar-refractivity contribution is 7.89. The predicted octanol–water partition coefficient (Wildman–Crippen LogP) is 2.61. The molecule has 1 rings (SSSR count). The second-order valence-electron chi connectivity index (χ2n) is 5.14. The minimum absolute atomic E-state index is 0.0550. The fourth-order valence-electron chi connectivity index (χ4n) is 1.94. The van der Waals surface area contributed by atoms with Crippen LogP contribution in [0.5, 0.6) is 0 Å². The lowest BCUT2D eigenvalue weighted by Crippen LogP contribution is -2.35. The third-order valence-corrected chi connectivity index (χ3v) is 5.08. The molecule has 0 aliphatic carbocycles. The van der Waals surface area contributed by atoms with Crippen LogP contribution in [0.1, 0.15) is 32.8 Å². The smallest absolute Gasteiger partial charge is 0.207 e. The first-order valence-corrected chi connectivity index (χ1v) is 7.71. The van der Waals surface area contributed by atoms with Gasteiger partial charge in [-0.25, -0.2) is 8.42 Å². The van der Waals surface area contributed by atoms with Gasteiger partial charge in [-0.1, -0.05) is 13.8 Å². The van der Waals surface area contributed by atoms with Crippen LogP contribution in [0, 0.1) is 17.2 Å². The summed E-state index contributed by atoms with van der Waals surface area (Å²) in [6.07, 6.45) is 0.812. The van der Waals surface area contributed by atoms with Gasteiger partial charge in [-0.05, 0) is 43.5 Å². The second-order valence-corrected chi connectivity index (χ2v) is 7.13. The van der Waals surface area contributed by atoms with E-state index in [4.69, 9.17) is 5.26 Å². The van der Waals surface area contributed by atoms with Gasteiger partial charge in [0.05, 0.1) is 16.5 Å². The van der Waals surface area contributed by atoms with E-state index < -0.39 is 10.0 Å². The van der Waals surface area contributed by atoms with Gasteiger partial charge in [0.25, 0.3) is 0 Å². The first-order valence-electron chi connectivity index (χ1n) is 6.27. The molecule has 19 heavy (non-hydrogen) atoms. The molecule has 4 nitrogen and oxygen atoms in total. The van der Waals surface area contributed by atoms with Crippen molar-refractivity contribution in [2.75, 3.05) is 7.05 Å². The Morgan fingerprint density at radius 2 is 1.74 bits per heavy atom. The van der Waals surface area contributed by atoms with Crippen LogP contribution in [0.2, 0.25) is 0 Å². The van der Waals surface area contributed by atoms with Crippen molar-refractivity contribution in [2.45, 2.75) is 38.1 Å². The summed E-state index contributed by atoms with van der Waals surface area (Å²) in [7, 11) is -1.89. The summed E-state index contributed by atoms with van der Waals surface area (Å²) in [6.45, 7) is 6.04. The van der Waals surface area contributed by atoms with Crippen LogP contribution in [0.25, 0.3) is 0 Å². The van der Waals surface area contributed by atoms with Crippen molar-refractivity contribution in [2.24, 2.45) is 5.92 Å². The summed E-state index contributed by atoms with van der Waals surface area (Å²) in [5, 5.41) is 8.72. The summed E-state index contributed by atoms with van der Waals surface area (Å²) in [6, 6.07) is 7.92. The molecule has 0 saturated heterocycles. The fourth-order valence-corrected chi connectivity index (χ4v) is 3.31. The molecule has 5 heteroatoms. The van der Waals surface area contributed by atoms with Gasteiger partial charge in [0.15, 0.2) is 0 Å². The van der Waals surface area contributed by atoms with E-state index >= 15 is 0 Å². The van der Waals surface area contributed by atoms with Crippen molar-refractivity contribution in [1.29, 1.82) is 5.26 Å². The van der Waals surface area contributed by atoms with Crippen molar-refractivity contribution in [3.05, 3.63) is 29.8 Å². The van der Waals surface area contributed by atoms with Gasteiger partial charge in [-0.3, -0.25) is 0 Å².